The molecule has 2 aromatic carbocycles. The van der Waals surface area contributed by atoms with Gasteiger partial charge in [-0.25, -0.2) is 8.42 Å². The van der Waals surface area contributed by atoms with E-state index in [4.69, 9.17) is 9.26 Å². The monoisotopic (exact) mass is 442 g/mol. The third-order valence-corrected chi connectivity index (χ3v) is 6.95. The van der Waals surface area contributed by atoms with Crippen LogP contribution in [0, 0.1) is 0 Å². The summed E-state index contributed by atoms with van der Waals surface area (Å²) < 4.78 is 38.0. The van der Waals surface area contributed by atoms with E-state index in [2.05, 4.69) is 10.1 Å². The summed E-state index contributed by atoms with van der Waals surface area (Å²) in [6.45, 7) is 0.218. The van der Waals surface area contributed by atoms with Crippen LogP contribution >= 0.6 is 0 Å². The fraction of sp³-hybridized carbons (Fsp3) is 0.286. The van der Waals surface area contributed by atoms with Crippen LogP contribution in [0.2, 0.25) is 0 Å². The summed E-state index contributed by atoms with van der Waals surface area (Å²) in [6.07, 6.45) is 0. The van der Waals surface area contributed by atoms with Gasteiger partial charge in [-0.05, 0) is 12.1 Å². The van der Waals surface area contributed by atoms with Crippen molar-refractivity contribution in [2.24, 2.45) is 0 Å². The molecular weight excluding hydrogens is 420 g/mol. The summed E-state index contributed by atoms with van der Waals surface area (Å²) in [5.41, 5.74) is 0.761. The van der Waals surface area contributed by atoms with Crippen LogP contribution in [-0.4, -0.2) is 67.0 Å². The Morgan fingerprint density at radius 1 is 1.10 bits per heavy atom. The van der Waals surface area contributed by atoms with Gasteiger partial charge in [0.05, 0.1) is 4.90 Å². The Morgan fingerprint density at radius 3 is 2.45 bits per heavy atom. The topological polar surface area (TPSA) is 106 Å². The predicted octanol–water partition coefficient (Wildman–Crippen LogP) is 1.96. The number of benzene rings is 2. The van der Waals surface area contributed by atoms with Crippen molar-refractivity contribution >= 4 is 15.9 Å². The first kappa shape index (κ1) is 21.2. The Kier molecular flexibility index (Phi) is 6.12. The zero-order valence-electron chi connectivity index (χ0n) is 16.9. The Morgan fingerprint density at radius 2 is 1.77 bits per heavy atom. The minimum absolute atomic E-state index is 0.00308. The number of rotatable bonds is 6. The molecule has 0 radical (unpaired) electrons. The number of carbonyl (C=O) groups is 1. The number of carbonyl (C=O) groups excluding carboxylic acids is 1. The van der Waals surface area contributed by atoms with Crippen molar-refractivity contribution in [2.45, 2.75) is 10.9 Å². The highest BCUT2D eigenvalue weighted by Gasteiger charge is 2.39. The van der Waals surface area contributed by atoms with E-state index in [0.29, 0.717) is 5.82 Å². The first-order chi connectivity index (χ1) is 15.0. The van der Waals surface area contributed by atoms with Gasteiger partial charge < -0.3 is 14.2 Å². The molecule has 1 atom stereocenters. The molecule has 0 spiro atoms. The molecule has 0 saturated carbocycles. The standard InChI is InChI=1S/C21H22N4O5S/c1-29-15-19(26)25-13-12-24(31(27,28)17-10-6-3-7-11-17)14-18(25)21-22-20(23-30-21)16-8-4-2-5-9-16/h2-11,18H,12-15H2,1H3. The lowest BCUT2D eigenvalue weighted by molar-refractivity contribution is -0.140. The van der Waals surface area contributed by atoms with E-state index < -0.39 is 16.1 Å². The smallest absolute Gasteiger partial charge is 0.251 e. The Hall–Kier alpha value is -3.08. The lowest BCUT2D eigenvalue weighted by atomic mass is 10.2. The number of methoxy groups -OCH3 is 1. The average Bonchev–Trinajstić information content (AvgIpc) is 3.30. The minimum atomic E-state index is -3.74. The van der Waals surface area contributed by atoms with Crippen LogP contribution in [-0.2, 0) is 19.6 Å². The second-order valence-corrected chi connectivity index (χ2v) is 8.97. The zero-order chi connectivity index (χ0) is 21.8. The number of aromatic nitrogens is 2. The van der Waals surface area contributed by atoms with Gasteiger partial charge in [-0.1, -0.05) is 53.7 Å². The third kappa shape index (κ3) is 4.36. The number of nitrogens with zero attached hydrogens (tertiary/aromatic N) is 4. The van der Waals surface area contributed by atoms with Crippen LogP contribution in [0.15, 0.2) is 70.1 Å². The molecule has 3 aromatic rings. The molecule has 1 aromatic heterocycles. The summed E-state index contributed by atoms with van der Waals surface area (Å²) in [5.74, 6) is 0.276. The lowest BCUT2D eigenvalue weighted by Crippen LogP contribution is -2.53. The molecule has 1 aliphatic rings. The van der Waals surface area contributed by atoms with Gasteiger partial charge in [-0.2, -0.15) is 9.29 Å². The maximum Gasteiger partial charge on any atom is 0.251 e. The van der Waals surface area contributed by atoms with Gasteiger partial charge in [-0.15, -0.1) is 0 Å². The molecule has 0 bridgehead atoms. The van der Waals surface area contributed by atoms with Gasteiger partial charge in [0, 0.05) is 32.3 Å². The molecule has 162 valence electrons. The largest absolute Gasteiger partial charge is 0.375 e. The van der Waals surface area contributed by atoms with E-state index >= 15 is 0 Å². The molecule has 1 saturated heterocycles. The summed E-state index contributed by atoms with van der Waals surface area (Å²) in [4.78, 5) is 18.8. The Balaban J connectivity index is 1.66. The Bertz CT molecular complexity index is 1130. The molecule has 10 heteroatoms. The van der Waals surface area contributed by atoms with Crippen molar-refractivity contribution in [1.82, 2.24) is 19.3 Å². The van der Waals surface area contributed by atoms with Crippen LogP contribution in [0.3, 0.4) is 0 Å². The van der Waals surface area contributed by atoms with E-state index in [0.717, 1.165) is 5.56 Å². The highest BCUT2D eigenvalue weighted by molar-refractivity contribution is 7.89. The molecule has 0 N–H and O–H groups in total. The first-order valence-corrected chi connectivity index (χ1v) is 11.2. The van der Waals surface area contributed by atoms with Gasteiger partial charge >= 0.3 is 0 Å². The molecule has 0 aliphatic carbocycles. The quantitative estimate of drug-likeness (QED) is 0.574. The fourth-order valence-corrected chi connectivity index (χ4v) is 4.97. The van der Waals surface area contributed by atoms with E-state index in [1.807, 2.05) is 30.3 Å². The van der Waals surface area contributed by atoms with Gasteiger partial charge in [0.1, 0.15) is 12.6 Å². The van der Waals surface area contributed by atoms with Crippen molar-refractivity contribution in [2.75, 3.05) is 33.4 Å². The molecular formula is C21H22N4O5S. The van der Waals surface area contributed by atoms with Crippen molar-refractivity contribution < 1.29 is 22.5 Å². The van der Waals surface area contributed by atoms with E-state index in [1.165, 1.54) is 16.3 Å². The molecule has 1 amide bonds. The van der Waals surface area contributed by atoms with Crippen LogP contribution in [0.5, 0.6) is 0 Å². The van der Waals surface area contributed by atoms with Gasteiger partial charge in [0.15, 0.2) is 0 Å². The van der Waals surface area contributed by atoms with Crippen LogP contribution in [0.25, 0.3) is 11.4 Å². The number of ether oxygens (including phenoxy) is 1. The third-order valence-electron chi connectivity index (χ3n) is 5.07. The summed E-state index contributed by atoms with van der Waals surface area (Å²) in [5, 5.41) is 4.02. The molecule has 9 nitrogen and oxygen atoms in total. The second-order valence-electron chi connectivity index (χ2n) is 7.03. The summed E-state index contributed by atoms with van der Waals surface area (Å²) in [7, 11) is -2.30. The van der Waals surface area contributed by atoms with E-state index in [1.54, 1.807) is 30.3 Å². The molecule has 1 aliphatic heterocycles. The van der Waals surface area contributed by atoms with Crippen LogP contribution in [0.4, 0.5) is 0 Å². The highest BCUT2D eigenvalue weighted by Crippen LogP contribution is 2.29. The lowest BCUT2D eigenvalue weighted by Gasteiger charge is -2.38. The van der Waals surface area contributed by atoms with Crippen LogP contribution < -0.4 is 0 Å². The first-order valence-electron chi connectivity index (χ1n) is 9.73. The number of hydrogen-bond acceptors (Lipinski definition) is 7. The predicted molar refractivity (Wildman–Crippen MR) is 111 cm³/mol. The van der Waals surface area contributed by atoms with E-state index in [9.17, 15) is 13.2 Å². The SMILES string of the molecule is COCC(=O)N1CCN(S(=O)(=O)c2ccccc2)CC1c1nc(-c2ccccc2)no1. The molecule has 1 unspecified atom stereocenters. The van der Waals surface area contributed by atoms with Gasteiger partial charge in [-0.3, -0.25) is 4.79 Å². The Labute approximate surface area is 180 Å². The van der Waals surface area contributed by atoms with E-state index in [-0.39, 0.29) is 42.9 Å². The maximum atomic E-state index is 13.1. The molecule has 31 heavy (non-hydrogen) atoms. The number of amides is 1. The molecule has 4 rings (SSSR count). The van der Waals surface area contributed by atoms with Gasteiger partial charge in [0.2, 0.25) is 21.8 Å². The van der Waals surface area contributed by atoms with Crippen molar-refractivity contribution in [3.8, 4) is 11.4 Å². The second kappa shape index (κ2) is 8.96. The minimum Gasteiger partial charge on any atom is -0.375 e. The number of hydrogen-bond donors (Lipinski definition) is 0. The summed E-state index contributed by atoms with van der Waals surface area (Å²) in [6, 6.07) is 16.8. The fourth-order valence-electron chi connectivity index (χ4n) is 3.51. The van der Waals surface area contributed by atoms with Crippen LogP contribution in [0.1, 0.15) is 11.9 Å². The zero-order valence-corrected chi connectivity index (χ0v) is 17.7. The van der Waals surface area contributed by atoms with Crippen molar-refractivity contribution in [3.05, 3.63) is 66.6 Å². The highest BCUT2D eigenvalue weighted by atomic mass is 32.2. The number of sulfonamides is 1. The molecule has 2 heterocycles. The maximum absolute atomic E-state index is 13.1. The normalized spacial score (nSPS) is 17.6. The number of piperazine rings is 1. The molecule has 1 fully saturated rings. The van der Waals surface area contributed by atoms with Crippen molar-refractivity contribution in [1.29, 1.82) is 0 Å². The average molecular weight is 442 g/mol. The van der Waals surface area contributed by atoms with Crippen molar-refractivity contribution in [3.63, 3.8) is 0 Å². The summed E-state index contributed by atoms with van der Waals surface area (Å²) >= 11 is 0. The van der Waals surface area contributed by atoms with Gasteiger partial charge in [0.25, 0.3) is 5.89 Å².